The SMILES string of the molecule is Cc1[nH]c2c(-c3cc(C(C)C)ccc3OCC3CC3)ncnc2c1C(=O)NC1CCC(NC(=O)OC(C)(C)C)CC1. The Kier molecular flexibility index (Phi) is 8.25. The number of rotatable bonds is 8. The van der Waals surface area contributed by atoms with Gasteiger partial charge in [0, 0.05) is 23.3 Å². The monoisotopic (exact) mass is 561 g/mol. The normalized spacial score (nSPS) is 19.3. The quantitative estimate of drug-likeness (QED) is 0.292. The molecular weight excluding hydrogens is 518 g/mol. The van der Waals surface area contributed by atoms with Gasteiger partial charge in [-0.1, -0.05) is 19.9 Å². The molecule has 1 aromatic carbocycles. The zero-order valence-electron chi connectivity index (χ0n) is 25.1. The average molecular weight is 562 g/mol. The first-order chi connectivity index (χ1) is 19.5. The van der Waals surface area contributed by atoms with Crippen molar-refractivity contribution in [3.05, 3.63) is 41.3 Å². The number of aromatic nitrogens is 3. The Morgan fingerprint density at radius 1 is 1.02 bits per heavy atom. The van der Waals surface area contributed by atoms with Crippen LogP contribution in [-0.2, 0) is 4.74 Å². The number of nitrogens with one attached hydrogen (secondary N) is 3. The summed E-state index contributed by atoms with van der Waals surface area (Å²) in [5.74, 6) is 1.63. The number of nitrogens with zero attached hydrogens (tertiary/aromatic N) is 2. The molecule has 3 N–H and O–H groups in total. The Labute approximate surface area is 242 Å². The van der Waals surface area contributed by atoms with Crippen LogP contribution in [0.4, 0.5) is 4.79 Å². The third-order valence-corrected chi connectivity index (χ3v) is 7.88. The minimum absolute atomic E-state index is 0.0231. The van der Waals surface area contributed by atoms with Crippen LogP contribution in [0, 0.1) is 12.8 Å². The number of benzene rings is 1. The van der Waals surface area contributed by atoms with Crippen molar-refractivity contribution in [3.8, 4) is 17.0 Å². The third kappa shape index (κ3) is 7.00. The van der Waals surface area contributed by atoms with E-state index in [1.54, 1.807) is 0 Å². The fourth-order valence-electron chi connectivity index (χ4n) is 5.43. The molecule has 3 aromatic rings. The highest BCUT2D eigenvalue weighted by Gasteiger charge is 2.28. The first kappa shape index (κ1) is 28.9. The molecule has 0 aliphatic heterocycles. The summed E-state index contributed by atoms with van der Waals surface area (Å²) >= 11 is 0. The molecule has 2 amide bonds. The smallest absolute Gasteiger partial charge is 0.407 e. The van der Waals surface area contributed by atoms with Gasteiger partial charge in [0.2, 0.25) is 0 Å². The van der Waals surface area contributed by atoms with Gasteiger partial charge in [-0.3, -0.25) is 4.79 Å². The summed E-state index contributed by atoms with van der Waals surface area (Å²) in [4.78, 5) is 38.3. The maximum atomic E-state index is 13.6. The van der Waals surface area contributed by atoms with E-state index in [1.807, 2.05) is 33.8 Å². The second-order valence-electron chi connectivity index (χ2n) is 12.9. The highest BCUT2D eigenvalue weighted by molar-refractivity contribution is 6.09. The lowest BCUT2D eigenvalue weighted by Gasteiger charge is -2.30. The average Bonchev–Trinajstić information content (AvgIpc) is 3.66. The van der Waals surface area contributed by atoms with E-state index < -0.39 is 11.7 Å². The number of amides is 2. The Morgan fingerprint density at radius 2 is 1.71 bits per heavy atom. The molecule has 0 unspecified atom stereocenters. The summed E-state index contributed by atoms with van der Waals surface area (Å²) in [6.07, 6.45) is 6.67. The number of ether oxygens (including phenoxy) is 2. The zero-order valence-corrected chi connectivity index (χ0v) is 25.1. The summed E-state index contributed by atoms with van der Waals surface area (Å²) < 4.78 is 11.6. The van der Waals surface area contributed by atoms with Crippen LogP contribution in [0.3, 0.4) is 0 Å². The molecule has 0 spiro atoms. The number of aryl methyl sites for hydroxylation is 1. The van der Waals surface area contributed by atoms with Crippen molar-refractivity contribution in [3.63, 3.8) is 0 Å². The van der Waals surface area contributed by atoms with Crippen LogP contribution in [0.5, 0.6) is 5.75 Å². The molecule has 2 aliphatic rings. The molecule has 2 heterocycles. The lowest BCUT2D eigenvalue weighted by Crippen LogP contribution is -2.45. The second kappa shape index (κ2) is 11.7. The van der Waals surface area contributed by atoms with Gasteiger partial charge in [0.15, 0.2) is 0 Å². The van der Waals surface area contributed by atoms with Crippen molar-refractivity contribution in [1.29, 1.82) is 0 Å². The van der Waals surface area contributed by atoms with Crippen LogP contribution >= 0.6 is 0 Å². The van der Waals surface area contributed by atoms with Gasteiger partial charge >= 0.3 is 6.09 Å². The molecule has 2 saturated carbocycles. The molecular formula is C32H43N5O4. The molecule has 5 rings (SSSR count). The van der Waals surface area contributed by atoms with Crippen molar-refractivity contribution in [2.75, 3.05) is 6.61 Å². The molecule has 2 fully saturated rings. The standard InChI is InChI=1S/C32H43N5O4/c1-18(2)21-9-14-25(40-16-20-7-8-20)24(15-21)27-29-28(34-17-33-27)26(19(3)35-29)30(38)36-22-10-12-23(13-11-22)37-31(39)41-32(4,5)6/h9,14-15,17-18,20,22-23,35H,7-8,10-13,16H2,1-6H3,(H,36,38)(H,37,39). The molecule has 0 saturated heterocycles. The molecule has 0 radical (unpaired) electrons. The van der Waals surface area contributed by atoms with Gasteiger partial charge in [-0.25, -0.2) is 14.8 Å². The molecule has 9 heteroatoms. The minimum Gasteiger partial charge on any atom is -0.493 e. The molecule has 9 nitrogen and oxygen atoms in total. The number of carbonyl (C=O) groups is 2. The summed E-state index contributed by atoms with van der Waals surface area (Å²) in [7, 11) is 0. The van der Waals surface area contributed by atoms with E-state index in [0.29, 0.717) is 29.5 Å². The van der Waals surface area contributed by atoms with Gasteiger partial charge in [-0.2, -0.15) is 0 Å². The molecule has 2 aromatic heterocycles. The first-order valence-corrected chi connectivity index (χ1v) is 14.9. The van der Waals surface area contributed by atoms with E-state index in [9.17, 15) is 9.59 Å². The number of fused-ring (bicyclic) bond motifs is 1. The summed E-state index contributed by atoms with van der Waals surface area (Å²) in [6.45, 7) is 12.5. The largest absolute Gasteiger partial charge is 0.493 e. The highest BCUT2D eigenvalue weighted by atomic mass is 16.6. The van der Waals surface area contributed by atoms with Gasteiger partial charge in [0.1, 0.15) is 28.9 Å². The van der Waals surface area contributed by atoms with Gasteiger partial charge in [0.25, 0.3) is 5.91 Å². The Balaban J connectivity index is 1.33. The van der Waals surface area contributed by atoms with Crippen LogP contribution in [0.15, 0.2) is 24.5 Å². The molecule has 2 aliphatic carbocycles. The lowest BCUT2D eigenvalue weighted by atomic mass is 9.91. The minimum atomic E-state index is -0.529. The van der Waals surface area contributed by atoms with Gasteiger partial charge in [-0.15, -0.1) is 0 Å². The maximum absolute atomic E-state index is 13.6. The van der Waals surface area contributed by atoms with E-state index in [2.05, 4.69) is 51.6 Å². The van der Waals surface area contributed by atoms with Gasteiger partial charge < -0.3 is 25.1 Å². The number of aromatic amines is 1. The predicted octanol–water partition coefficient (Wildman–Crippen LogP) is 6.41. The topological polar surface area (TPSA) is 118 Å². The van der Waals surface area contributed by atoms with Crippen molar-refractivity contribution >= 4 is 23.0 Å². The maximum Gasteiger partial charge on any atom is 0.407 e. The molecule has 0 bridgehead atoms. The summed E-state index contributed by atoms with van der Waals surface area (Å²) in [5.41, 5.74) is 4.94. The Morgan fingerprint density at radius 3 is 2.34 bits per heavy atom. The number of H-pyrrole nitrogens is 1. The fraction of sp³-hybridized carbons (Fsp3) is 0.562. The van der Waals surface area contributed by atoms with Crippen molar-refractivity contribution < 1.29 is 19.1 Å². The second-order valence-corrected chi connectivity index (χ2v) is 12.9. The number of carbonyl (C=O) groups excluding carboxylic acids is 2. The Bertz CT molecular complexity index is 1410. The molecule has 0 atom stereocenters. The molecule has 41 heavy (non-hydrogen) atoms. The van der Waals surface area contributed by atoms with Crippen molar-refractivity contribution in [2.24, 2.45) is 5.92 Å². The highest BCUT2D eigenvalue weighted by Crippen LogP contribution is 2.38. The lowest BCUT2D eigenvalue weighted by molar-refractivity contribution is 0.0488. The van der Waals surface area contributed by atoms with E-state index in [0.717, 1.165) is 53.9 Å². The summed E-state index contributed by atoms with van der Waals surface area (Å²) in [5, 5.41) is 6.17. The van der Waals surface area contributed by atoms with E-state index in [4.69, 9.17) is 9.47 Å². The van der Waals surface area contributed by atoms with E-state index >= 15 is 0 Å². The fourth-order valence-corrected chi connectivity index (χ4v) is 5.43. The van der Waals surface area contributed by atoms with Gasteiger partial charge in [0.05, 0.1) is 17.7 Å². The predicted molar refractivity (Wildman–Crippen MR) is 159 cm³/mol. The third-order valence-electron chi connectivity index (χ3n) is 7.88. The number of alkyl carbamates (subject to hydrolysis) is 1. The van der Waals surface area contributed by atoms with Crippen LogP contribution < -0.4 is 15.4 Å². The van der Waals surface area contributed by atoms with Crippen LogP contribution in [0.2, 0.25) is 0 Å². The van der Waals surface area contributed by atoms with Crippen LogP contribution in [0.1, 0.15) is 101 Å². The van der Waals surface area contributed by atoms with Crippen molar-refractivity contribution in [2.45, 2.75) is 104 Å². The van der Waals surface area contributed by atoms with Crippen molar-refractivity contribution in [1.82, 2.24) is 25.6 Å². The number of hydrogen-bond acceptors (Lipinski definition) is 6. The van der Waals surface area contributed by atoms with Crippen LogP contribution in [-0.4, -0.2) is 51.2 Å². The van der Waals surface area contributed by atoms with Gasteiger partial charge in [-0.05, 0) is 95.8 Å². The Hall–Kier alpha value is -3.62. The van der Waals surface area contributed by atoms with Crippen LogP contribution in [0.25, 0.3) is 22.3 Å². The van der Waals surface area contributed by atoms with E-state index in [1.165, 1.54) is 24.7 Å². The first-order valence-electron chi connectivity index (χ1n) is 14.9. The summed E-state index contributed by atoms with van der Waals surface area (Å²) in [6, 6.07) is 6.37. The zero-order chi connectivity index (χ0) is 29.3. The number of hydrogen-bond donors (Lipinski definition) is 3. The van der Waals surface area contributed by atoms with E-state index in [-0.39, 0.29) is 18.0 Å². The molecule has 220 valence electrons.